The monoisotopic (exact) mass is 172 g/mol. The number of hydrogen-bond donors (Lipinski definition) is 0. The predicted octanol–water partition coefficient (Wildman–Crippen LogP) is 3.18. The van der Waals surface area contributed by atoms with Gasteiger partial charge in [-0.1, -0.05) is 26.0 Å². The maximum absolute atomic E-state index is 12.6. The molecule has 0 fully saturated rings. The molecule has 1 aromatic carbocycles. The van der Waals surface area contributed by atoms with Crippen LogP contribution in [0.5, 0.6) is 0 Å². The first-order valence-corrected chi connectivity index (χ1v) is 3.93. The standard InChI is InChI=1S/C10H13F.FH/c1-8(2)6-9-4-3-5-10(11)7-9;/h3-5,7-8H,6H2,1-2H3;1H. The fourth-order valence-electron chi connectivity index (χ4n) is 1.14. The first kappa shape index (κ1) is 11.1. The summed E-state index contributed by atoms with van der Waals surface area (Å²) in [5, 5.41) is 0. The summed E-state index contributed by atoms with van der Waals surface area (Å²) in [6.07, 6.45) is 0.956. The number of halogens is 2. The second kappa shape index (κ2) is 4.86. The van der Waals surface area contributed by atoms with Crippen molar-refractivity contribution < 1.29 is 9.09 Å². The van der Waals surface area contributed by atoms with E-state index in [1.54, 1.807) is 12.1 Å². The Balaban J connectivity index is 0.00000121. The van der Waals surface area contributed by atoms with Crippen molar-refractivity contribution in [2.45, 2.75) is 20.3 Å². The minimum Gasteiger partial charge on any atom is -0.269 e. The Bertz CT molecular complexity index is 231. The zero-order valence-corrected chi connectivity index (χ0v) is 7.38. The number of benzene rings is 1. The van der Waals surface area contributed by atoms with Crippen LogP contribution in [0.4, 0.5) is 9.09 Å². The lowest BCUT2D eigenvalue weighted by atomic mass is 10.0. The molecule has 0 N–H and O–H groups in total. The van der Waals surface area contributed by atoms with Crippen LogP contribution in [-0.2, 0) is 6.42 Å². The first-order valence-electron chi connectivity index (χ1n) is 3.93. The molecule has 1 rings (SSSR count). The van der Waals surface area contributed by atoms with Gasteiger partial charge in [0.25, 0.3) is 0 Å². The molecule has 0 aliphatic heterocycles. The van der Waals surface area contributed by atoms with E-state index in [2.05, 4.69) is 13.8 Å². The highest BCUT2D eigenvalue weighted by molar-refractivity contribution is 5.16. The minimum atomic E-state index is -0.136. The maximum Gasteiger partial charge on any atom is 0.123 e. The molecule has 12 heavy (non-hydrogen) atoms. The predicted molar refractivity (Wildman–Crippen MR) is 47.4 cm³/mol. The van der Waals surface area contributed by atoms with Gasteiger partial charge in [-0.25, -0.2) is 4.39 Å². The third kappa shape index (κ3) is 3.46. The molecule has 0 atom stereocenters. The highest BCUT2D eigenvalue weighted by Crippen LogP contribution is 2.08. The summed E-state index contributed by atoms with van der Waals surface area (Å²) in [6, 6.07) is 6.79. The van der Waals surface area contributed by atoms with Crippen LogP contribution in [0.15, 0.2) is 24.3 Å². The van der Waals surface area contributed by atoms with Crippen LogP contribution in [0, 0.1) is 11.7 Å². The largest absolute Gasteiger partial charge is 0.269 e. The highest BCUT2D eigenvalue weighted by Gasteiger charge is 1.97. The smallest absolute Gasteiger partial charge is 0.123 e. The normalized spacial score (nSPS) is 9.67. The van der Waals surface area contributed by atoms with Gasteiger partial charge in [-0.15, -0.1) is 0 Å². The van der Waals surface area contributed by atoms with Crippen molar-refractivity contribution in [2.75, 3.05) is 0 Å². The summed E-state index contributed by atoms with van der Waals surface area (Å²) >= 11 is 0. The topological polar surface area (TPSA) is 0 Å². The van der Waals surface area contributed by atoms with Crippen molar-refractivity contribution >= 4 is 0 Å². The molecule has 0 aromatic heterocycles. The van der Waals surface area contributed by atoms with E-state index >= 15 is 0 Å². The lowest BCUT2D eigenvalue weighted by Gasteiger charge is -2.03. The van der Waals surface area contributed by atoms with Gasteiger partial charge < -0.3 is 0 Å². The Hall–Kier alpha value is -0.920. The van der Waals surface area contributed by atoms with Crippen molar-refractivity contribution in [3.8, 4) is 0 Å². The maximum atomic E-state index is 12.6. The van der Waals surface area contributed by atoms with Gasteiger partial charge in [0.15, 0.2) is 0 Å². The van der Waals surface area contributed by atoms with Crippen molar-refractivity contribution in [2.24, 2.45) is 5.92 Å². The van der Waals surface area contributed by atoms with Crippen LogP contribution < -0.4 is 0 Å². The second-order valence-electron chi connectivity index (χ2n) is 3.23. The molecule has 0 aliphatic rings. The lowest BCUT2D eigenvalue weighted by molar-refractivity contribution is 0.613. The fourth-order valence-corrected chi connectivity index (χ4v) is 1.14. The molecule has 0 bridgehead atoms. The molecular weight excluding hydrogens is 158 g/mol. The Morgan fingerprint density at radius 2 is 2.00 bits per heavy atom. The molecule has 0 saturated carbocycles. The third-order valence-electron chi connectivity index (χ3n) is 1.53. The Labute approximate surface area is 71.8 Å². The van der Waals surface area contributed by atoms with Gasteiger partial charge in [-0.2, -0.15) is 0 Å². The van der Waals surface area contributed by atoms with Gasteiger partial charge in [-0.05, 0) is 30.0 Å². The summed E-state index contributed by atoms with van der Waals surface area (Å²) in [4.78, 5) is 0. The number of hydrogen-bond acceptors (Lipinski definition) is 0. The van der Waals surface area contributed by atoms with Crippen molar-refractivity contribution in [3.05, 3.63) is 35.6 Å². The van der Waals surface area contributed by atoms with Crippen LogP contribution in [-0.4, -0.2) is 0 Å². The van der Waals surface area contributed by atoms with E-state index in [9.17, 15) is 4.39 Å². The van der Waals surface area contributed by atoms with Gasteiger partial charge in [0, 0.05) is 0 Å². The van der Waals surface area contributed by atoms with Gasteiger partial charge >= 0.3 is 0 Å². The van der Waals surface area contributed by atoms with Crippen LogP contribution in [0.25, 0.3) is 0 Å². The molecule has 0 nitrogen and oxygen atoms in total. The van der Waals surface area contributed by atoms with E-state index in [0.29, 0.717) is 5.92 Å². The molecule has 0 spiro atoms. The van der Waals surface area contributed by atoms with Crippen LogP contribution in [0.1, 0.15) is 19.4 Å². The average Bonchev–Trinajstić information content (AvgIpc) is 1.85. The van der Waals surface area contributed by atoms with E-state index in [-0.39, 0.29) is 10.5 Å². The quantitative estimate of drug-likeness (QED) is 0.642. The van der Waals surface area contributed by atoms with E-state index in [0.717, 1.165) is 12.0 Å². The zero-order chi connectivity index (χ0) is 8.27. The summed E-state index contributed by atoms with van der Waals surface area (Å²) in [7, 11) is 0. The first-order chi connectivity index (χ1) is 5.18. The van der Waals surface area contributed by atoms with Crippen LogP contribution in [0.3, 0.4) is 0 Å². The third-order valence-corrected chi connectivity index (χ3v) is 1.53. The molecule has 68 valence electrons. The Kier molecular flexibility index (Phi) is 4.49. The van der Waals surface area contributed by atoms with E-state index < -0.39 is 0 Å². The van der Waals surface area contributed by atoms with Gasteiger partial charge in [0.05, 0.1) is 0 Å². The molecule has 0 aliphatic carbocycles. The lowest BCUT2D eigenvalue weighted by Crippen LogP contribution is -1.93. The molecular formula is C10H14F2. The fraction of sp³-hybridized carbons (Fsp3) is 0.400. The molecule has 2 heteroatoms. The van der Waals surface area contributed by atoms with Crippen molar-refractivity contribution in [1.29, 1.82) is 0 Å². The van der Waals surface area contributed by atoms with Crippen molar-refractivity contribution in [1.82, 2.24) is 0 Å². The summed E-state index contributed by atoms with van der Waals surface area (Å²) in [5.74, 6) is 0.458. The Morgan fingerprint density at radius 3 is 2.50 bits per heavy atom. The molecule has 0 amide bonds. The number of rotatable bonds is 2. The Morgan fingerprint density at radius 1 is 1.33 bits per heavy atom. The van der Waals surface area contributed by atoms with Crippen LogP contribution >= 0.6 is 0 Å². The second-order valence-corrected chi connectivity index (χ2v) is 3.23. The molecule has 0 saturated heterocycles. The minimum absolute atomic E-state index is 0. The SMILES string of the molecule is CC(C)Cc1cccc(F)c1.F. The summed E-state index contributed by atoms with van der Waals surface area (Å²) in [6.45, 7) is 4.26. The van der Waals surface area contributed by atoms with E-state index in [1.165, 1.54) is 6.07 Å². The van der Waals surface area contributed by atoms with Gasteiger partial charge in [-0.3, -0.25) is 4.70 Å². The van der Waals surface area contributed by atoms with E-state index in [1.807, 2.05) is 6.07 Å². The average molecular weight is 172 g/mol. The molecule has 0 radical (unpaired) electrons. The highest BCUT2D eigenvalue weighted by atomic mass is 19.1. The van der Waals surface area contributed by atoms with Gasteiger partial charge in [0.1, 0.15) is 5.82 Å². The van der Waals surface area contributed by atoms with Gasteiger partial charge in [0.2, 0.25) is 0 Å². The molecule has 0 unspecified atom stereocenters. The summed E-state index contributed by atoms with van der Waals surface area (Å²) < 4.78 is 12.6. The molecule has 0 heterocycles. The molecule has 1 aromatic rings. The van der Waals surface area contributed by atoms with Crippen molar-refractivity contribution in [3.63, 3.8) is 0 Å². The van der Waals surface area contributed by atoms with E-state index in [4.69, 9.17) is 0 Å². The van der Waals surface area contributed by atoms with Crippen LogP contribution in [0.2, 0.25) is 0 Å². The summed E-state index contributed by atoms with van der Waals surface area (Å²) in [5.41, 5.74) is 1.08. The zero-order valence-electron chi connectivity index (χ0n) is 7.38.